The lowest BCUT2D eigenvalue weighted by molar-refractivity contribution is -0.121. The largest absolute Gasteiger partial charge is 0.396 e. The molecule has 1 amide bonds. The molecule has 20 heavy (non-hydrogen) atoms. The molecular formula is C15H23NO3S. The third kappa shape index (κ3) is 5.43. The second kappa shape index (κ2) is 8.17. The van der Waals surface area contributed by atoms with Crippen molar-refractivity contribution in [3.63, 3.8) is 0 Å². The van der Waals surface area contributed by atoms with Gasteiger partial charge in [0, 0.05) is 41.3 Å². The van der Waals surface area contributed by atoms with Crippen molar-refractivity contribution >= 4 is 23.0 Å². The molecule has 112 valence electrons. The molecular weight excluding hydrogens is 274 g/mol. The Balaban J connectivity index is 2.34. The van der Waals surface area contributed by atoms with E-state index in [4.69, 9.17) is 5.11 Å². The van der Waals surface area contributed by atoms with Crippen molar-refractivity contribution in [1.29, 1.82) is 0 Å². The summed E-state index contributed by atoms with van der Waals surface area (Å²) in [6, 6.07) is 1.89. The molecule has 2 N–H and O–H groups in total. The van der Waals surface area contributed by atoms with E-state index in [1.165, 1.54) is 0 Å². The molecule has 0 aliphatic carbocycles. The third-order valence-electron chi connectivity index (χ3n) is 3.19. The highest BCUT2D eigenvalue weighted by molar-refractivity contribution is 7.12. The Morgan fingerprint density at radius 1 is 1.35 bits per heavy atom. The van der Waals surface area contributed by atoms with Crippen molar-refractivity contribution in [2.24, 2.45) is 5.92 Å². The van der Waals surface area contributed by atoms with Gasteiger partial charge in [-0.15, -0.1) is 11.3 Å². The number of aryl methyl sites for hydroxylation is 2. The molecule has 1 heterocycles. The summed E-state index contributed by atoms with van der Waals surface area (Å²) in [7, 11) is 0. The second-order valence-corrected chi connectivity index (χ2v) is 6.63. The van der Waals surface area contributed by atoms with Gasteiger partial charge in [0.05, 0.1) is 0 Å². The van der Waals surface area contributed by atoms with E-state index in [-0.39, 0.29) is 37.1 Å². The van der Waals surface area contributed by atoms with Crippen molar-refractivity contribution in [2.45, 2.75) is 40.0 Å². The molecule has 0 spiro atoms. The van der Waals surface area contributed by atoms with Gasteiger partial charge in [-0.3, -0.25) is 9.59 Å². The number of rotatable bonds is 8. The van der Waals surface area contributed by atoms with Crippen molar-refractivity contribution in [3.8, 4) is 0 Å². The molecule has 0 bridgehead atoms. The minimum Gasteiger partial charge on any atom is -0.396 e. The van der Waals surface area contributed by atoms with E-state index in [1.54, 1.807) is 11.3 Å². The number of nitrogens with one attached hydrogen (secondary N) is 1. The van der Waals surface area contributed by atoms with Gasteiger partial charge < -0.3 is 10.4 Å². The van der Waals surface area contributed by atoms with Crippen LogP contribution in [0.4, 0.5) is 0 Å². The zero-order valence-corrected chi connectivity index (χ0v) is 13.2. The number of ketones is 1. The quantitative estimate of drug-likeness (QED) is 0.724. The third-order valence-corrected chi connectivity index (χ3v) is 4.16. The predicted molar refractivity (Wildman–Crippen MR) is 81.2 cm³/mol. The maximum atomic E-state index is 12.0. The number of aliphatic hydroxyl groups is 1. The van der Waals surface area contributed by atoms with E-state index < -0.39 is 0 Å². The number of hydrogen-bond donors (Lipinski definition) is 2. The summed E-state index contributed by atoms with van der Waals surface area (Å²) in [4.78, 5) is 25.8. The molecule has 0 unspecified atom stereocenters. The number of thiophene rings is 1. The smallest absolute Gasteiger partial charge is 0.220 e. The molecule has 1 rings (SSSR count). The SMILES string of the molecule is Cc1cc(C(=O)CCC(=O)NC[C@H](C)CCO)c(C)s1. The number of carbonyl (C=O) groups excluding carboxylic acids is 2. The Bertz CT molecular complexity index is 468. The predicted octanol–water partition coefficient (Wildman–Crippen LogP) is 2.46. The molecule has 0 aromatic carbocycles. The van der Waals surface area contributed by atoms with Gasteiger partial charge in [0.2, 0.25) is 5.91 Å². The summed E-state index contributed by atoms with van der Waals surface area (Å²) < 4.78 is 0. The van der Waals surface area contributed by atoms with Crippen LogP contribution < -0.4 is 5.32 Å². The van der Waals surface area contributed by atoms with Crippen LogP contribution in [0.25, 0.3) is 0 Å². The van der Waals surface area contributed by atoms with Crippen LogP contribution in [0.3, 0.4) is 0 Å². The molecule has 1 aromatic rings. The van der Waals surface area contributed by atoms with E-state index in [0.717, 1.165) is 15.3 Å². The fraction of sp³-hybridized carbons (Fsp3) is 0.600. The van der Waals surface area contributed by atoms with Crippen molar-refractivity contribution in [3.05, 3.63) is 21.4 Å². The molecule has 1 atom stereocenters. The highest BCUT2D eigenvalue weighted by atomic mass is 32.1. The first-order valence-electron chi connectivity index (χ1n) is 6.91. The maximum Gasteiger partial charge on any atom is 0.220 e. The lowest BCUT2D eigenvalue weighted by atomic mass is 10.1. The monoisotopic (exact) mass is 297 g/mol. The van der Waals surface area contributed by atoms with E-state index in [2.05, 4.69) is 5.32 Å². The van der Waals surface area contributed by atoms with Crippen LogP contribution in [0.5, 0.6) is 0 Å². The number of aliphatic hydroxyl groups excluding tert-OH is 1. The van der Waals surface area contributed by atoms with Gasteiger partial charge in [-0.25, -0.2) is 0 Å². The molecule has 0 aliphatic rings. The Morgan fingerprint density at radius 3 is 2.60 bits per heavy atom. The van der Waals surface area contributed by atoms with Crippen molar-refractivity contribution in [2.75, 3.05) is 13.2 Å². The van der Waals surface area contributed by atoms with Gasteiger partial charge >= 0.3 is 0 Å². The lowest BCUT2D eigenvalue weighted by Crippen LogP contribution is -2.28. The van der Waals surface area contributed by atoms with E-state index >= 15 is 0 Å². The number of carbonyl (C=O) groups is 2. The first kappa shape index (κ1) is 16.9. The van der Waals surface area contributed by atoms with E-state index in [0.29, 0.717) is 13.0 Å². The van der Waals surface area contributed by atoms with Gasteiger partial charge in [-0.2, -0.15) is 0 Å². The Morgan fingerprint density at radius 2 is 2.05 bits per heavy atom. The van der Waals surface area contributed by atoms with Crippen LogP contribution in [0, 0.1) is 19.8 Å². The molecule has 0 fully saturated rings. The summed E-state index contributed by atoms with van der Waals surface area (Å²) in [5.41, 5.74) is 0.744. The normalized spacial score (nSPS) is 12.2. The Labute approximate surface area is 124 Å². The van der Waals surface area contributed by atoms with Gasteiger partial charge in [0.25, 0.3) is 0 Å². The fourth-order valence-corrected chi connectivity index (χ4v) is 2.91. The van der Waals surface area contributed by atoms with Crippen LogP contribution >= 0.6 is 11.3 Å². The highest BCUT2D eigenvalue weighted by Crippen LogP contribution is 2.22. The topological polar surface area (TPSA) is 66.4 Å². The van der Waals surface area contributed by atoms with E-state index in [1.807, 2.05) is 26.8 Å². The Hall–Kier alpha value is -1.20. The summed E-state index contributed by atoms with van der Waals surface area (Å²) in [5.74, 6) is 0.180. The second-order valence-electron chi connectivity index (χ2n) is 5.17. The maximum absolute atomic E-state index is 12.0. The number of hydrogen-bond acceptors (Lipinski definition) is 4. The standard InChI is InChI=1S/C15H23NO3S/c1-10(6-7-17)9-16-15(19)5-4-14(18)13-8-11(2)20-12(13)3/h8,10,17H,4-7,9H2,1-3H3,(H,16,19)/t10-/m1/s1. The highest BCUT2D eigenvalue weighted by Gasteiger charge is 2.14. The lowest BCUT2D eigenvalue weighted by Gasteiger charge is -2.10. The minimum atomic E-state index is -0.104. The first-order valence-corrected chi connectivity index (χ1v) is 7.73. The first-order chi connectivity index (χ1) is 9.43. The van der Waals surface area contributed by atoms with E-state index in [9.17, 15) is 9.59 Å². The number of amides is 1. The summed E-state index contributed by atoms with van der Waals surface area (Å²) in [5, 5.41) is 11.6. The molecule has 5 heteroatoms. The average molecular weight is 297 g/mol. The number of Topliss-reactive ketones (excluding diaryl/α,β-unsaturated/α-hetero) is 1. The molecule has 0 saturated heterocycles. The molecule has 0 aliphatic heterocycles. The van der Waals surface area contributed by atoms with Crippen LogP contribution in [-0.4, -0.2) is 29.9 Å². The van der Waals surface area contributed by atoms with Crippen LogP contribution in [0.1, 0.15) is 46.3 Å². The van der Waals surface area contributed by atoms with Crippen LogP contribution in [0.15, 0.2) is 6.07 Å². The van der Waals surface area contributed by atoms with Gasteiger partial charge in [-0.1, -0.05) is 6.92 Å². The van der Waals surface area contributed by atoms with Gasteiger partial charge in [0.15, 0.2) is 5.78 Å². The van der Waals surface area contributed by atoms with Crippen LogP contribution in [0.2, 0.25) is 0 Å². The molecule has 4 nitrogen and oxygen atoms in total. The summed E-state index contributed by atoms with van der Waals surface area (Å²) in [6.07, 6.45) is 1.14. The van der Waals surface area contributed by atoms with Crippen molar-refractivity contribution < 1.29 is 14.7 Å². The fourth-order valence-electron chi connectivity index (χ4n) is 1.97. The van der Waals surface area contributed by atoms with Crippen molar-refractivity contribution in [1.82, 2.24) is 5.32 Å². The summed E-state index contributed by atoms with van der Waals surface area (Å²) in [6.45, 7) is 6.56. The minimum absolute atomic E-state index is 0.0328. The molecule has 0 saturated carbocycles. The zero-order valence-electron chi connectivity index (χ0n) is 12.4. The van der Waals surface area contributed by atoms with Crippen LogP contribution in [-0.2, 0) is 4.79 Å². The molecule has 1 aromatic heterocycles. The summed E-state index contributed by atoms with van der Waals surface area (Å²) >= 11 is 1.61. The average Bonchev–Trinajstić information content (AvgIpc) is 2.73. The van der Waals surface area contributed by atoms with Gasteiger partial charge in [-0.05, 0) is 32.3 Å². The Kier molecular flexibility index (Phi) is 6.88. The van der Waals surface area contributed by atoms with Gasteiger partial charge in [0.1, 0.15) is 0 Å². The zero-order chi connectivity index (χ0) is 15.1. The molecule has 0 radical (unpaired) electrons.